The molecule has 0 spiro atoms. The quantitative estimate of drug-likeness (QED) is 0.383. The summed E-state index contributed by atoms with van der Waals surface area (Å²) in [5.74, 6) is 0.467. The third-order valence-electron chi connectivity index (χ3n) is 4.05. The minimum atomic E-state index is -0.230. The summed E-state index contributed by atoms with van der Waals surface area (Å²) in [7, 11) is 0. The zero-order valence-electron chi connectivity index (χ0n) is 15.1. The number of halogens is 1. The van der Waals surface area contributed by atoms with E-state index in [0.717, 1.165) is 30.0 Å². The van der Waals surface area contributed by atoms with Crippen molar-refractivity contribution in [3.63, 3.8) is 0 Å². The first kappa shape index (κ1) is 21.9. The molecule has 0 radical (unpaired) electrons. The third kappa shape index (κ3) is 6.96. The predicted molar refractivity (Wildman–Crippen MR) is 112 cm³/mol. The van der Waals surface area contributed by atoms with E-state index in [2.05, 4.69) is 22.2 Å². The maximum atomic E-state index is 11.7. The highest BCUT2D eigenvalue weighted by atomic mass is 127. The van der Waals surface area contributed by atoms with Crippen LogP contribution in [-0.2, 0) is 11.2 Å². The van der Waals surface area contributed by atoms with E-state index in [1.165, 1.54) is 4.88 Å². The molecular weight excluding hydrogens is 453 g/mol. The summed E-state index contributed by atoms with van der Waals surface area (Å²) in [5.41, 5.74) is 7.06. The molecule has 1 amide bonds. The number of ether oxygens (including phenoxy) is 1. The molecule has 142 valence electrons. The summed E-state index contributed by atoms with van der Waals surface area (Å²) in [6.45, 7) is 8.33. The Kier molecular flexibility index (Phi) is 9.47. The fraction of sp³-hybridized carbons (Fsp3) is 0.688. The molecular formula is C16H28IN5O2S. The van der Waals surface area contributed by atoms with Crippen molar-refractivity contribution >= 4 is 47.4 Å². The Morgan fingerprint density at radius 1 is 1.44 bits per heavy atom. The van der Waals surface area contributed by atoms with Crippen molar-refractivity contribution in [3.8, 4) is 0 Å². The van der Waals surface area contributed by atoms with E-state index >= 15 is 0 Å². The van der Waals surface area contributed by atoms with E-state index in [1.54, 1.807) is 16.2 Å². The van der Waals surface area contributed by atoms with Crippen LogP contribution in [0, 0.1) is 13.8 Å². The van der Waals surface area contributed by atoms with Gasteiger partial charge in [0.1, 0.15) is 0 Å². The number of hydrogen-bond donors (Lipinski definition) is 2. The Bertz CT molecular complexity index is 566. The second-order valence-corrected chi connectivity index (χ2v) is 7.16. The van der Waals surface area contributed by atoms with E-state index in [1.807, 2.05) is 13.8 Å². The molecule has 2 heterocycles. The number of hydrogen-bond acceptors (Lipinski definition) is 5. The van der Waals surface area contributed by atoms with Crippen LogP contribution in [0.3, 0.4) is 0 Å². The maximum absolute atomic E-state index is 11.7. The Balaban J connectivity index is 0.00000312. The fourth-order valence-corrected chi connectivity index (χ4v) is 3.52. The van der Waals surface area contributed by atoms with Gasteiger partial charge in [0.05, 0.1) is 17.3 Å². The van der Waals surface area contributed by atoms with Crippen LogP contribution >= 0.6 is 35.3 Å². The van der Waals surface area contributed by atoms with Gasteiger partial charge >= 0.3 is 6.09 Å². The minimum Gasteiger partial charge on any atom is -0.450 e. The summed E-state index contributed by atoms with van der Waals surface area (Å²) in [6.07, 6.45) is 2.27. The molecule has 9 heteroatoms. The van der Waals surface area contributed by atoms with E-state index in [9.17, 15) is 4.79 Å². The number of aliphatic imine (C=N–C) groups is 1. The lowest BCUT2D eigenvalue weighted by Crippen LogP contribution is -2.48. The van der Waals surface area contributed by atoms with Gasteiger partial charge in [0.2, 0.25) is 0 Å². The standard InChI is InChI=1S/C16H27N5O2S.HI/c1-4-23-16(22)21-9-6-13(7-10-21)20-15(17)18-8-5-14-19-11(2)12(3)24-14;/h13H,4-10H2,1-3H3,(H3,17,18,20);1H. The summed E-state index contributed by atoms with van der Waals surface area (Å²) >= 11 is 1.72. The first-order chi connectivity index (χ1) is 11.5. The number of nitrogens with zero attached hydrogens (tertiary/aromatic N) is 3. The summed E-state index contributed by atoms with van der Waals surface area (Å²) in [6, 6.07) is 0.253. The second kappa shape index (κ2) is 10.8. The van der Waals surface area contributed by atoms with Gasteiger partial charge in [-0.3, -0.25) is 4.99 Å². The van der Waals surface area contributed by atoms with E-state index in [0.29, 0.717) is 32.2 Å². The normalized spacial score (nSPS) is 15.6. The number of likely N-dealkylation sites (tertiary alicyclic amines) is 1. The Labute approximate surface area is 170 Å². The Morgan fingerprint density at radius 3 is 2.68 bits per heavy atom. The summed E-state index contributed by atoms with van der Waals surface area (Å²) < 4.78 is 5.02. The average Bonchev–Trinajstić information content (AvgIpc) is 2.86. The highest BCUT2D eigenvalue weighted by Gasteiger charge is 2.23. The van der Waals surface area contributed by atoms with Gasteiger partial charge in [-0.15, -0.1) is 35.3 Å². The van der Waals surface area contributed by atoms with Crippen molar-refractivity contribution in [3.05, 3.63) is 15.6 Å². The van der Waals surface area contributed by atoms with Crippen molar-refractivity contribution in [2.24, 2.45) is 10.7 Å². The average molecular weight is 481 g/mol. The number of piperidine rings is 1. The molecule has 1 saturated heterocycles. The number of guanidine groups is 1. The number of amides is 1. The molecule has 0 aliphatic carbocycles. The zero-order chi connectivity index (χ0) is 17.5. The molecule has 2 rings (SSSR count). The Morgan fingerprint density at radius 2 is 2.12 bits per heavy atom. The van der Waals surface area contributed by atoms with Crippen molar-refractivity contribution in [1.29, 1.82) is 0 Å². The molecule has 3 N–H and O–H groups in total. The maximum Gasteiger partial charge on any atom is 0.409 e. The molecule has 0 saturated carbocycles. The van der Waals surface area contributed by atoms with Crippen LogP contribution < -0.4 is 11.1 Å². The van der Waals surface area contributed by atoms with Crippen LogP contribution in [0.5, 0.6) is 0 Å². The lowest BCUT2D eigenvalue weighted by molar-refractivity contribution is 0.0963. The first-order valence-electron chi connectivity index (χ1n) is 8.40. The van der Waals surface area contributed by atoms with Crippen LogP contribution in [0.4, 0.5) is 4.79 Å². The Hall–Kier alpha value is -1.10. The molecule has 1 aromatic rings. The van der Waals surface area contributed by atoms with Crippen molar-refractivity contribution in [1.82, 2.24) is 15.2 Å². The van der Waals surface area contributed by atoms with Gasteiger partial charge in [-0.1, -0.05) is 0 Å². The van der Waals surface area contributed by atoms with Gasteiger partial charge in [0.15, 0.2) is 5.96 Å². The number of thiazole rings is 1. The van der Waals surface area contributed by atoms with Gasteiger partial charge in [0, 0.05) is 37.0 Å². The molecule has 7 nitrogen and oxygen atoms in total. The molecule has 0 atom stereocenters. The van der Waals surface area contributed by atoms with Crippen molar-refractivity contribution in [2.75, 3.05) is 26.2 Å². The van der Waals surface area contributed by atoms with Crippen LogP contribution in [0.2, 0.25) is 0 Å². The van der Waals surface area contributed by atoms with Crippen LogP contribution in [-0.4, -0.2) is 54.2 Å². The monoisotopic (exact) mass is 481 g/mol. The molecule has 1 fully saturated rings. The fourth-order valence-electron chi connectivity index (χ4n) is 2.59. The number of aromatic nitrogens is 1. The highest BCUT2D eigenvalue weighted by molar-refractivity contribution is 14.0. The van der Waals surface area contributed by atoms with Gasteiger partial charge in [-0.25, -0.2) is 9.78 Å². The molecule has 25 heavy (non-hydrogen) atoms. The number of carbonyl (C=O) groups excluding carboxylic acids is 1. The zero-order valence-corrected chi connectivity index (χ0v) is 18.2. The van der Waals surface area contributed by atoms with Crippen molar-refractivity contribution in [2.45, 2.75) is 46.1 Å². The second-order valence-electron chi connectivity index (χ2n) is 5.87. The summed E-state index contributed by atoms with van der Waals surface area (Å²) in [4.78, 5) is 23.5. The first-order valence-corrected chi connectivity index (χ1v) is 9.22. The molecule has 1 aromatic heterocycles. The predicted octanol–water partition coefficient (Wildman–Crippen LogP) is 2.45. The number of aryl methyl sites for hydroxylation is 2. The summed E-state index contributed by atoms with van der Waals surface area (Å²) in [5, 5.41) is 4.35. The van der Waals surface area contributed by atoms with Crippen LogP contribution in [0.1, 0.15) is 35.3 Å². The molecule has 0 aromatic carbocycles. The van der Waals surface area contributed by atoms with Gasteiger partial charge in [-0.05, 0) is 33.6 Å². The van der Waals surface area contributed by atoms with E-state index in [4.69, 9.17) is 10.5 Å². The van der Waals surface area contributed by atoms with Crippen LogP contribution in [0.25, 0.3) is 0 Å². The number of nitrogens with one attached hydrogen (secondary N) is 1. The van der Waals surface area contributed by atoms with Gasteiger partial charge in [-0.2, -0.15) is 0 Å². The van der Waals surface area contributed by atoms with Crippen molar-refractivity contribution < 1.29 is 9.53 Å². The molecule has 0 unspecified atom stereocenters. The lowest BCUT2D eigenvalue weighted by atomic mass is 10.1. The molecule has 1 aliphatic rings. The topological polar surface area (TPSA) is 92.8 Å². The largest absolute Gasteiger partial charge is 0.450 e. The van der Waals surface area contributed by atoms with E-state index < -0.39 is 0 Å². The highest BCUT2D eigenvalue weighted by Crippen LogP contribution is 2.16. The third-order valence-corrected chi connectivity index (χ3v) is 5.19. The molecule has 0 bridgehead atoms. The number of rotatable bonds is 5. The lowest BCUT2D eigenvalue weighted by Gasteiger charge is -2.31. The number of nitrogens with two attached hydrogens (primary N) is 1. The van der Waals surface area contributed by atoms with E-state index in [-0.39, 0.29) is 36.1 Å². The SMILES string of the molecule is CCOC(=O)N1CCC(NC(N)=NCCc2nc(C)c(C)s2)CC1.I. The number of carbonyl (C=O) groups is 1. The van der Waals surface area contributed by atoms with Gasteiger partial charge in [0.25, 0.3) is 0 Å². The molecule has 1 aliphatic heterocycles. The minimum absolute atomic E-state index is 0. The smallest absolute Gasteiger partial charge is 0.409 e. The van der Waals surface area contributed by atoms with Gasteiger partial charge < -0.3 is 20.7 Å². The van der Waals surface area contributed by atoms with Crippen LogP contribution in [0.15, 0.2) is 4.99 Å².